The van der Waals surface area contributed by atoms with Gasteiger partial charge in [0.15, 0.2) is 0 Å². The standard InChI is InChI=1S/C10H16N4O/c1-8(6-14-3-2-11-7-14)13-10(15)9-4-12-5-9/h2-3,7-9,12H,4-6H2,1H3,(H,13,15). The molecule has 1 aromatic rings. The number of hydrogen-bond donors (Lipinski definition) is 2. The Kier molecular flexibility index (Phi) is 3.01. The van der Waals surface area contributed by atoms with Crippen LogP contribution in [0.3, 0.4) is 0 Å². The maximum absolute atomic E-state index is 11.6. The Morgan fingerprint density at radius 2 is 2.53 bits per heavy atom. The molecule has 2 N–H and O–H groups in total. The lowest BCUT2D eigenvalue weighted by Crippen LogP contribution is -2.52. The second-order valence-corrected chi connectivity index (χ2v) is 4.02. The van der Waals surface area contributed by atoms with E-state index in [-0.39, 0.29) is 17.9 Å². The van der Waals surface area contributed by atoms with E-state index in [1.165, 1.54) is 0 Å². The summed E-state index contributed by atoms with van der Waals surface area (Å²) in [6.07, 6.45) is 5.39. The van der Waals surface area contributed by atoms with Gasteiger partial charge in [0.2, 0.25) is 5.91 Å². The summed E-state index contributed by atoms with van der Waals surface area (Å²) < 4.78 is 1.96. The molecule has 1 fully saturated rings. The Labute approximate surface area is 88.9 Å². The van der Waals surface area contributed by atoms with Crippen molar-refractivity contribution >= 4 is 5.91 Å². The van der Waals surface area contributed by atoms with Crippen LogP contribution in [0.25, 0.3) is 0 Å². The number of imidazole rings is 1. The summed E-state index contributed by atoms with van der Waals surface area (Å²) in [5.41, 5.74) is 0. The predicted molar refractivity (Wildman–Crippen MR) is 56.2 cm³/mol. The molecule has 1 aliphatic heterocycles. The molecule has 0 aliphatic carbocycles. The molecule has 1 atom stereocenters. The maximum atomic E-state index is 11.6. The van der Waals surface area contributed by atoms with Crippen LogP contribution in [0.4, 0.5) is 0 Å². The fraction of sp³-hybridized carbons (Fsp3) is 0.600. The smallest absolute Gasteiger partial charge is 0.225 e. The summed E-state index contributed by atoms with van der Waals surface area (Å²) in [6.45, 7) is 4.39. The average Bonchev–Trinajstić information content (AvgIpc) is 2.52. The topological polar surface area (TPSA) is 59.0 Å². The van der Waals surface area contributed by atoms with Crippen molar-refractivity contribution in [3.05, 3.63) is 18.7 Å². The van der Waals surface area contributed by atoms with Gasteiger partial charge in [-0.15, -0.1) is 0 Å². The Morgan fingerprint density at radius 1 is 1.73 bits per heavy atom. The van der Waals surface area contributed by atoms with Crippen LogP contribution < -0.4 is 10.6 Å². The molecular formula is C10H16N4O. The third-order valence-corrected chi connectivity index (χ3v) is 2.58. The van der Waals surface area contributed by atoms with E-state index < -0.39 is 0 Å². The summed E-state index contributed by atoms with van der Waals surface area (Å²) in [7, 11) is 0. The first-order valence-electron chi connectivity index (χ1n) is 5.22. The quantitative estimate of drug-likeness (QED) is 0.708. The minimum Gasteiger partial charge on any atom is -0.352 e. The Morgan fingerprint density at radius 3 is 3.07 bits per heavy atom. The van der Waals surface area contributed by atoms with Gasteiger partial charge in [-0.25, -0.2) is 4.98 Å². The molecule has 0 spiro atoms. The van der Waals surface area contributed by atoms with Gasteiger partial charge in [-0.3, -0.25) is 4.79 Å². The monoisotopic (exact) mass is 208 g/mol. The number of hydrogen-bond acceptors (Lipinski definition) is 3. The van der Waals surface area contributed by atoms with E-state index in [2.05, 4.69) is 15.6 Å². The van der Waals surface area contributed by atoms with E-state index in [1.807, 2.05) is 17.7 Å². The van der Waals surface area contributed by atoms with Gasteiger partial charge in [-0.2, -0.15) is 0 Å². The molecule has 0 saturated carbocycles. The highest BCUT2D eigenvalue weighted by Crippen LogP contribution is 2.03. The van der Waals surface area contributed by atoms with Crippen molar-refractivity contribution in [3.63, 3.8) is 0 Å². The van der Waals surface area contributed by atoms with E-state index in [0.29, 0.717) is 0 Å². The number of rotatable bonds is 4. The zero-order chi connectivity index (χ0) is 10.7. The van der Waals surface area contributed by atoms with Crippen molar-refractivity contribution in [1.29, 1.82) is 0 Å². The minimum atomic E-state index is 0.146. The fourth-order valence-electron chi connectivity index (χ4n) is 1.59. The first-order chi connectivity index (χ1) is 7.25. The molecule has 82 valence electrons. The molecule has 0 aromatic carbocycles. The number of nitrogens with one attached hydrogen (secondary N) is 2. The van der Waals surface area contributed by atoms with Crippen molar-refractivity contribution in [2.75, 3.05) is 13.1 Å². The van der Waals surface area contributed by atoms with Gasteiger partial charge in [0.25, 0.3) is 0 Å². The fourth-order valence-corrected chi connectivity index (χ4v) is 1.59. The summed E-state index contributed by atoms with van der Waals surface area (Å²) in [4.78, 5) is 15.5. The summed E-state index contributed by atoms with van der Waals surface area (Å²) in [5, 5.41) is 6.08. The van der Waals surface area contributed by atoms with Gasteiger partial charge in [0.1, 0.15) is 0 Å². The van der Waals surface area contributed by atoms with Crippen molar-refractivity contribution in [3.8, 4) is 0 Å². The molecule has 0 radical (unpaired) electrons. The highest BCUT2D eigenvalue weighted by atomic mass is 16.2. The molecule has 5 nitrogen and oxygen atoms in total. The third kappa shape index (κ3) is 2.56. The van der Waals surface area contributed by atoms with Crippen LogP contribution in [0, 0.1) is 5.92 Å². The van der Waals surface area contributed by atoms with Crippen molar-refractivity contribution in [2.45, 2.75) is 19.5 Å². The number of aromatic nitrogens is 2. The molecule has 15 heavy (non-hydrogen) atoms. The SMILES string of the molecule is CC(Cn1ccnc1)NC(=O)C1CNC1. The van der Waals surface area contributed by atoms with Crippen LogP contribution in [0.2, 0.25) is 0 Å². The van der Waals surface area contributed by atoms with E-state index in [4.69, 9.17) is 0 Å². The number of amides is 1. The summed E-state index contributed by atoms with van der Waals surface area (Å²) in [6, 6.07) is 0.146. The Hall–Kier alpha value is -1.36. The largest absolute Gasteiger partial charge is 0.352 e. The van der Waals surface area contributed by atoms with Gasteiger partial charge in [-0.05, 0) is 6.92 Å². The van der Waals surface area contributed by atoms with Gasteiger partial charge in [0, 0.05) is 38.1 Å². The lowest BCUT2D eigenvalue weighted by atomic mass is 10.0. The lowest BCUT2D eigenvalue weighted by Gasteiger charge is -2.27. The molecule has 1 aliphatic rings. The van der Waals surface area contributed by atoms with Gasteiger partial charge in [-0.1, -0.05) is 0 Å². The highest BCUT2D eigenvalue weighted by Gasteiger charge is 2.25. The van der Waals surface area contributed by atoms with E-state index in [1.54, 1.807) is 12.5 Å². The molecular weight excluding hydrogens is 192 g/mol. The molecule has 2 rings (SSSR count). The van der Waals surface area contributed by atoms with Gasteiger partial charge in [0.05, 0.1) is 12.2 Å². The normalized spacial score (nSPS) is 18.2. The molecule has 0 bridgehead atoms. The molecule has 2 heterocycles. The first kappa shape index (κ1) is 10.2. The number of carbonyl (C=O) groups is 1. The van der Waals surface area contributed by atoms with E-state index in [9.17, 15) is 4.79 Å². The maximum Gasteiger partial charge on any atom is 0.225 e. The summed E-state index contributed by atoms with van der Waals surface area (Å²) >= 11 is 0. The number of carbonyl (C=O) groups excluding carboxylic acids is 1. The Balaban J connectivity index is 1.76. The van der Waals surface area contributed by atoms with Crippen molar-refractivity contribution in [1.82, 2.24) is 20.2 Å². The van der Waals surface area contributed by atoms with Crippen LogP contribution >= 0.6 is 0 Å². The first-order valence-corrected chi connectivity index (χ1v) is 5.22. The predicted octanol–water partition coefficient (Wildman–Crippen LogP) is -0.393. The number of nitrogens with zero attached hydrogens (tertiary/aromatic N) is 2. The second kappa shape index (κ2) is 4.44. The van der Waals surface area contributed by atoms with Crippen LogP contribution in [0.15, 0.2) is 18.7 Å². The van der Waals surface area contributed by atoms with E-state index in [0.717, 1.165) is 19.6 Å². The zero-order valence-corrected chi connectivity index (χ0v) is 8.81. The zero-order valence-electron chi connectivity index (χ0n) is 8.81. The average molecular weight is 208 g/mol. The lowest BCUT2D eigenvalue weighted by molar-refractivity contribution is -0.127. The summed E-state index contributed by atoms with van der Waals surface area (Å²) in [5.74, 6) is 0.316. The van der Waals surface area contributed by atoms with Crippen molar-refractivity contribution in [2.24, 2.45) is 5.92 Å². The molecule has 1 aromatic heterocycles. The molecule has 1 saturated heterocycles. The van der Waals surface area contributed by atoms with E-state index >= 15 is 0 Å². The minimum absolute atomic E-state index is 0.146. The van der Waals surface area contributed by atoms with Gasteiger partial charge >= 0.3 is 0 Å². The van der Waals surface area contributed by atoms with Crippen LogP contribution in [-0.2, 0) is 11.3 Å². The second-order valence-electron chi connectivity index (χ2n) is 4.02. The van der Waals surface area contributed by atoms with Crippen LogP contribution in [0.5, 0.6) is 0 Å². The Bertz CT molecular complexity index is 318. The van der Waals surface area contributed by atoms with Crippen LogP contribution in [-0.4, -0.2) is 34.6 Å². The third-order valence-electron chi connectivity index (χ3n) is 2.58. The van der Waals surface area contributed by atoms with Crippen molar-refractivity contribution < 1.29 is 4.79 Å². The molecule has 1 amide bonds. The molecule has 1 unspecified atom stereocenters. The van der Waals surface area contributed by atoms with Crippen LogP contribution in [0.1, 0.15) is 6.92 Å². The van der Waals surface area contributed by atoms with Gasteiger partial charge < -0.3 is 15.2 Å². The highest BCUT2D eigenvalue weighted by molar-refractivity contribution is 5.80. The molecule has 5 heteroatoms.